The van der Waals surface area contributed by atoms with Gasteiger partial charge in [0.15, 0.2) is 15.7 Å². The van der Waals surface area contributed by atoms with Crippen molar-refractivity contribution in [3.8, 4) is 0 Å². The van der Waals surface area contributed by atoms with Gasteiger partial charge in [-0.25, -0.2) is 8.42 Å². The standard InChI is InChI=1S/C22H18F9N3O2S/c1-3-37(35,36)17-10-13(20(23,24)25)11-33-18(17)19-32-8-4-5-16(34(19)2)12-6-7-14(21(26,27)28)15(9-12)22(29,30)31/h5-7,9-11H,3-4,8H2,1-2H3. The monoisotopic (exact) mass is 559 g/mol. The number of pyridine rings is 1. The van der Waals surface area contributed by atoms with E-state index in [-0.39, 0.29) is 36.1 Å². The Morgan fingerprint density at radius 3 is 2.08 bits per heavy atom. The summed E-state index contributed by atoms with van der Waals surface area (Å²) in [5.41, 5.74) is -6.02. The van der Waals surface area contributed by atoms with Crippen molar-refractivity contribution in [2.45, 2.75) is 36.8 Å². The normalized spacial score (nSPS) is 15.8. The van der Waals surface area contributed by atoms with Crippen molar-refractivity contribution < 1.29 is 47.9 Å². The zero-order valence-corrected chi connectivity index (χ0v) is 19.9. The van der Waals surface area contributed by atoms with Crippen LogP contribution in [-0.4, -0.2) is 43.5 Å². The maximum atomic E-state index is 13.5. The number of benzene rings is 1. The number of hydrogen-bond acceptors (Lipinski definition) is 5. The van der Waals surface area contributed by atoms with E-state index in [2.05, 4.69) is 9.98 Å². The lowest BCUT2D eigenvalue weighted by Gasteiger charge is -2.26. The highest BCUT2D eigenvalue weighted by Gasteiger charge is 2.43. The van der Waals surface area contributed by atoms with Gasteiger partial charge in [0.2, 0.25) is 0 Å². The van der Waals surface area contributed by atoms with Crippen molar-refractivity contribution in [3.63, 3.8) is 0 Å². The molecule has 0 radical (unpaired) electrons. The Labute approximate surface area is 205 Å². The molecule has 0 aliphatic carbocycles. The third kappa shape index (κ3) is 5.91. The first-order chi connectivity index (χ1) is 16.9. The molecule has 0 atom stereocenters. The summed E-state index contributed by atoms with van der Waals surface area (Å²) in [5, 5.41) is 0. The number of sulfone groups is 1. The average molecular weight is 559 g/mol. The second kappa shape index (κ2) is 9.65. The van der Waals surface area contributed by atoms with E-state index in [0.29, 0.717) is 18.3 Å². The Kier molecular flexibility index (Phi) is 7.43. The van der Waals surface area contributed by atoms with Gasteiger partial charge < -0.3 is 4.90 Å². The van der Waals surface area contributed by atoms with Gasteiger partial charge in [0, 0.05) is 25.5 Å². The summed E-state index contributed by atoms with van der Waals surface area (Å²) in [6.07, 6.45) is -13.7. The van der Waals surface area contributed by atoms with Crippen molar-refractivity contribution in [3.05, 3.63) is 64.5 Å². The Bertz CT molecular complexity index is 1360. The Balaban J connectivity index is 2.19. The molecule has 2 aromatic rings. The molecule has 37 heavy (non-hydrogen) atoms. The van der Waals surface area contributed by atoms with Crippen LogP contribution >= 0.6 is 0 Å². The fourth-order valence-corrected chi connectivity index (χ4v) is 4.68. The molecule has 2 heterocycles. The third-order valence-electron chi connectivity index (χ3n) is 5.44. The molecular formula is C22H18F9N3O2S. The highest BCUT2D eigenvalue weighted by atomic mass is 32.2. The molecule has 0 amide bonds. The first-order valence-corrected chi connectivity index (χ1v) is 12.1. The quantitative estimate of drug-likeness (QED) is 0.428. The van der Waals surface area contributed by atoms with Crippen LogP contribution in [0.25, 0.3) is 5.70 Å². The van der Waals surface area contributed by atoms with Gasteiger partial charge in [0.25, 0.3) is 0 Å². The SMILES string of the molecule is CCS(=O)(=O)c1cc(C(F)(F)F)cnc1C1=NCCC=C(c2ccc(C(F)(F)F)c(C(F)(F)F)c2)N1C. The molecule has 1 aromatic heterocycles. The number of amidine groups is 1. The van der Waals surface area contributed by atoms with Gasteiger partial charge in [0.1, 0.15) is 5.69 Å². The molecule has 0 saturated heterocycles. The molecule has 202 valence electrons. The molecule has 0 unspecified atom stereocenters. The highest BCUT2D eigenvalue weighted by Crippen LogP contribution is 2.42. The number of halogens is 9. The number of hydrogen-bond donors (Lipinski definition) is 0. The first kappa shape index (κ1) is 28.5. The van der Waals surface area contributed by atoms with Gasteiger partial charge in [-0.1, -0.05) is 19.1 Å². The summed E-state index contributed by atoms with van der Waals surface area (Å²) in [5.74, 6) is -0.866. The van der Waals surface area contributed by atoms with Crippen LogP contribution < -0.4 is 0 Å². The topological polar surface area (TPSA) is 62.6 Å². The number of alkyl halides is 9. The van der Waals surface area contributed by atoms with Gasteiger partial charge in [0.05, 0.1) is 27.3 Å². The van der Waals surface area contributed by atoms with Crippen LogP contribution in [0, 0.1) is 0 Å². The van der Waals surface area contributed by atoms with Crippen LogP contribution in [0.2, 0.25) is 0 Å². The van der Waals surface area contributed by atoms with E-state index in [0.717, 1.165) is 11.0 Å². The molecule has 1 aromatic carbocycles. The molecule has 5 nitrogen and oxygen atoms in total. The maximum absolute atomic E-state index is 13.5. The van der Waals surface area contributed by atoms with Gasteiger partial charge >= 0.3 is 18.5 Å². The molecule has 1 aliphatic rings. The van der Waals surface area contributed by atoms with Gasteiger partial charge in [-0.3, -0.25) is 9.98 Å². The minimum Gasteiger partial charge on any atom is -0.328 e. The van der Waals surface area contributed by atoms with Gasteiger partial charge in [-0.2, -0.15) is 39.5 Å². The van der Waals surface area contributed by atoms with Crippen molar-refractivity contribution in [2.75, 3.05) is 19.3 Å². The van der Waals surface area contributed by atoms with Crippen molar-refractivity contribution in [1.82, 2.24) is 9.88 Å². The van der Waals surface area contributed by atoms with E-state index in [9.17, 15) is 47.9 Å². The van der Waals surface area contributed by atoms with Gasteiger partial charge in [-0.15, -0.1) is 0 Å². The van der Waals surface area contributed by atoms with E-state index >= 15 is 0 Å². The Hall–Kier alpha value is -3.10. The Morgan fingerprint density at radius 2 is 1.54 bits per heavy atom. The summed E-state index contributed by atoms with van der Waals surface area (Å²) in [4.78, 5) is 8.13. The molecule has 0 bridgehead atoms. The summed E-state index contributed by atoms with van der Waals surface area (Å²) in [6.45, 7) is 1.15. The number of aromatic nitrogens is 1. The maximum Gasteiger partial charge on any atom is 0.417 e. The predicted molar refractivity (Wildman–Crippen MR) is 115 cm³/mol. The lowest BCUT2D eigenvalue weighted by atomic mass is 10.00. The smallest absolute Gasteiger partial charge is 0.328 e. The molecule has 0 N–H and O–H groups in total. The summed E-state index contributed by atoms with van der Waals surface area (Å²) < 4.78 is 145. The zero-order valence-electron chi connectivity index (χ0n) is 19.1. The summed E-state index contributed by atoms with van der Waals surface area (Å²) >= 11 is 0. The molecule has 0 fully saturated rings. The van der Waals surface area contributed by atoms with Crippen LogP contribution in [0.15, 0.2) is 46.4 Å². The Morgan fingerprint density at radius 1 is 0.919 bits per heavy atom. The molecule has 0 saturated carbocycles. The molecular weight excluding hydrogens is 541 g/mol. The van der Waals surface area contributed by atoms with E-state index < -0.39 is 61.4 Å². The van der Waals surface area contributed by atoms with E-state index in [1.165, 1.54) is 20.0 Å². The van der Waals surface area contributed by atoms with Crippen LogP contribution in [-0.2, 0) is 28.4 Å². The average Bonchev–Trinajstić information content (AvgIpc) is 2.98. The fraction of sp³-hybridized carbons (Fsp3) is 0.364. The highest BCUT2D eigenvalue weighted by molar-refractivity contribution is 7.91. The number of nitrogens with zero attached hydrogens (tertiary/aromatic N) is 3. The predicted octanol–water partition coefficient (Wildman–Crippen LogP) is 6.05. The van der Waals surface area contributed by atoms with Crippen LogP contribution in [0.1, 0.15) is 41.3 Å². The second-order valence-electron chi connectivity index (χ2n) is 7.87. The van der Waals surface area contributed by atoms with E-state index in [1.54, 1.807) is 0 Å². The summed E-state index contributed by atoms with van der Waals surface area (Å²) in [6, 6.07) is 1.79. The van der Waals surface area contributed by atoms with Crippen LogP contribution in [0.3, 0.4) is 0 Å². The largest absolute Gasteiger partial charge is 0.417 e. The van der Waals surface area contributed by atoms with Crippen molar-refractivity contribution in [1.29, 1.82) is 0 Å². The molecule has 3 rings (SSSR count). The molecule has 15 heteroatoms. The zero-order chi connectivity index (χ0) is 28.0. The fourth-order valence-electron chi connectivity index (χ4n) is 3.62. The third-order valence-corrected chi connectivity index (χ3v) is 7.18. The van der Waals surface area contributed by atoms with E-state index in [1.807, 2.05) is 0 Å². The van der Waals surface area contributed by atoms with E-state index in [4.69, 9.17) is 0 Å². The lowest BCUT2D eigenvalue weighted by molar-refractivity contribution is -0.162. The first-order valence-electron chi connectivity index (χ1n) is 10.5. The van der Waals surface area contributed by atoms with Crippen LogP contribution in [0.5, 0.6) is 0 Å². The lowest BCUT2D eigenvalue weighted by Crippen LogP contribution is -2.29. The van der Waals surface area contributed by atoms with Crippen LogP contribution in [0.4, 0.5) is 39.5 Å². The number of aliphatic imine (C=N–C) groups is 1. The number of rotatable bonds is 4. The van der Waals surface area contributed by atoms with Gasteiger partial charge in [-0.05, 0) is 30.2 Å². The second-order valence-corrected chi connectivity index (χ2v) is 10.1. The minimum atomic E-state index is -5.35. The minimum absolute atomic E-state index is 0.0513. The molecule has 0 spiro atoms. The van der Waals surface area contributed by atoms with Crippen molar-refractivity contribution in [2.24, 2.45) is 4.99 Å². The summed E-state index contributed by atoms with van der Waals surface area (Å²) in [7, 11) is -3.05. The molecule has 1 aliphatic heterocycles. The van der Waals surface area contributed by atoms with Crippen molar-refractivity contribution >= 4 is 21.4 Å².